The summed E-state index contributed by atoms with van der Waals surface area (Å²) in [6.45, 7) is 5.21. The Bertz CT molecular complexity index is 553. The Morgan fingerprint density at radius 3 is 2.70 bits per heavy atom. The van der Waals surface area contributed by atoms with Gasteiger partial charge in [0, 0.05) is 38.3 Å². The molecular formula is C18H23FN2O2. The number of carbonyl (C=O) groups is 1. The van der Waals surface area contributed by atoms with Gasteiger partial charge in [0.1, 0.15) is 5.82 Å². The van der Waals surface area contributed by atoms with Gasteiger partial charge in [-0.25, -0.2) is 4.39 Å². The number of benzene rings is 1. The van der Waals surface area contributed by atoms with E-state index in [2.05, 4.69) is 4.90 Å². The van der Waals surface area contributed by atoms with E-state index in [0.29, 0.717) is 6.04 Å². The number of amides is 1. The summed E-state index contributed by atoms with van der Waals surface area (Å²) in [5, 5.41) is 0. The van der Waals surface area contributed by atoms with Crippen LogP contribution in [0.25, 0.3) is 6.08 Å². The van der Waals surface area contributed by atoms with Crippen LogP contribution in [0.1, 0.15) is 18.4 Å². The van der Waals surface area contributed by atoms with Crippen LogP contribution in [-0.4, -0.2) is 61.1 Å². The van der Waals surface area contributed by atoms with Crippen molar-refractivity contribution >= 4 is 12.0 Å². The minimum absolute atomic E-state index is 0.0464. The lowest BCUT2D eigenvalue weighted by atomic mass is 10.2. The Morgan fingerprint density at radius 1 is 1.22 bits per heavy atom. The van der Waals surface area contributed by atoms with E-state index in [4.69, 9.17) is 4.74 Å². The van der Waals surface area contributed by atoms with Crippen LogP contribution < -0.4 is 0 Å². The highest BCUT2D eigenvalue weighted by molar-refractivity contribution is 5.92. The molecule has 5 heteroatoms. The SMILES string of the molecule is O=C(C=Cc1ccc(F)cc1)N1CCCC1CN1CCOCC1. The average Bonchev–Trinajstić information content (AvgIpc) is 3.03. The molecule has 0 N–H and O–H groups in total. The minimum Gasteiger partial charge on any atom is -0.379 e. The van der Waals surface area contributed by atoms with Gasteiger partial charge in [0.05, 0.1) is 13.2 Å². The third kappa shape index (κ3) is 4.39. The molecule has 0 saturated carbocycles. The predicted octanol–water partition coefficient (Wildman–Crippen LogP) is 2.16. The third-order valence-electron chi connectivity index (χ3n) is 4.52. The third-order valence-corrected chi connectivity index (χ3v) is 4.52. The Hall–Kier alpha value is -1.72. The van der Waals surface area contributed by atoms with Crippen molar-refractivity contribution in [2.24, 2.45) is 0 Å². The topological polar surface area (TPSA) is 32.8 Å². The standard InChI is InChI=1S/C18H23FN2O2/c19-16-6-3-15(4-7-16)5-8-18(22)21-9-1-2-17(21)14-20-10-12-23-13-11-20/h3-8,17H,1-2,9-14H2. The molecule has 1 atom stereocenters. The Labute approximate surface area is 136 Å². The van der Waals surface area contributed by atoms with Crippen molar-refractivity contribution in [1.29, 1.82) is 0 Å². The minimum atomic E-state index is -0.265. The van der Waals surface area contributed by atoms with Crippen LogP contribution in [-0.2, 0) is 9.53 Å². The molecule has 0 aliphatic carbocycles. The summed E-state index contributed by atoms with van der Waals surface area (Å²) in [6, 6.07) is 6.45. The molecule has 1 amide bonds. The molecule has 0 radical (unpaired) electrons. The molecule has 2 saturated heterocycles. The number of rotatable bonds is 4. The van der Waals surface area contributed by atoms with Gasteiger partial charge in [0.25, 0.3) is 0 Å². The van der Waals surface area contributed by atoms with Crippen molar-refractivity contribution in [2.75, 3.05) is 39.4 Å². The molecule has 4 nitrogen and oxygen atoms in total. The van der Waals surface area contributed by atoms with Crippen LogP contribution in [0.5, 0.6) is 0 Å². The maximum Gasteiger partial charge on any atom is 0.246 e. The van der Waals surface area contributed by atoms with Gasteiger partial charge in [-0.15, -0.1) is 0 Å². The van der Waals surface area contributed by atoms with Crippen LogP contribution in [0.4, 0.5) is 4.39 Å². The lowest BCUT2D eigenvalue weighted by Crippen LogP contribution is -2.46. The summed E-state index contributed by atoms with van der Waals surface area (Å²) in [7, 11) is 0. The number of ether oxygens (including phenoxy) is 1. The van der Waals surface area contributed by atoms with Gasteiger partial charge in [-0.2, -0.15) is 0 Å². The summed E-state index contributed by atoms with van der Waals surface area (Å²) < 4.78 is 18.3. The highest BCUT2D eigenvalue weighted by atomic mass is 19.1. The number of halogens is 1. The maximum absolute atomic E-state index is 12.9. The first-order chi connectivity index (χ1) is 11.2. The molecule has 1 aromatic carbocycles. The average molecular weight is 318 g/mol. The van der Waals surface area contributed by atoms with Gasteiger partial charge in [-0.3, -0.25) is 9.69 Å². The molecule has 2 fully saturated rings. The molecule has 2 aliphatic heterocycles. The zero-order valence-corrected chi connectivity index (χ0v) is 13.3. The number of hydrogen-bond acceptors (Lipinski definition) is 3. The van der Waals surface area contributed by atoms with Gasteiger partial charge in [-0.1, -0.05) is 12.1 Å². The molecule has 0 spiro atoms. The highest BCUT2D eigenvalue weighted by Crippen LogP contribution is 2.19. The molecule has 1 unspecified atom stereocenters. The zero-order chi connectivity index (χ0) is 16.1. The fourth-order valence-electron chi connectivity index (χ4n) is 3.23. The predicted molar refractivity (Wildman–Crippen MR) is 87.4 cm³/mol. The summed E-state index contributed by atoms with van der Waals surface area (Å²) in [6.07, 6.45) is 5.48. The van der Waals surface area contributed by atoms with E-state index in [1.807, 2.05) is 4.90 Å². The van der Waals surface area contributed by atoms with Crippen molar-refractivity contribution in [3.63, 3.8) is 0 Å². The van der Waals surface area contributed by atoms with Crippen molar-refractivity contribution in [3.05, 3.63) is 41.7 Å². The first-order valence-corrected chi connectivity index (χ1v) is 8.27. The smallest absolute Gasteiger partial charge is 0.246 e. The van der Waals surface area contributed by atoms with Crippen LogP contribution in [0, 0.1) is 5.82 Å². The number of morpholine rings is 1. The molecule has 3 rings (SSSR count). The normalized spacial score (nSPS) is 22.8. The molecule has 0 bridgehead atoms. The van der Waals surface area contributed by atoms with Crippen molar-refractivity contribution < 1.29 is 13.9 Å². The lowest BCUT2D eigenvalue weighted by Gasteiger charge is -2.32. The van der Waals surface area contributed by atoms with E-state index in [9.17, 15) is 9.18 Å². The van der Waals surface area contributed by atoms with Gasteiger partial charge >= 0.3 is 0 Å². The molecular weight excluding hydrogens is 295 g/mol. The zero-order valence-electron chi connectivity index (χ0n) is 13.3. The number of hydrogen-bond donors (Lipinski definition) is 0. The van der Waals surface area contributed by atoms with Crippen LogP contribution in [0.15, 0.2) is 30.3 Å². The van der Waals surface area contributed by atoms with Gasteiger partial charge in [-0.05, 0) is 36.6 Å². The lowest BCUT2D eigenvalue weighted by molar-refractivity contribution is -0.127. The molecule has 23 heavy (non-hydrogen) atoms. The van der Waals surface area contributed by atoms with E-state index >= 15 is 0 Å². The number of carbonyl (C=O) groups excluding carboxylic acids is 1. The van der Waals surface area contributed by atoms with E-state index < -0.39 is 0 Å². The summed E-state index contributed by atoms with van der Waals surface area (Å²) in [5.74, 6) is -0.219. The molecule has 2 aliphatic rings. The Balaban J connectivity index is 1.57. The van der Waals surface area contributed by atoms with Crippen LogP contribution in [0.2, 0.25) is 0 Å². The Morgan fingerprint density at radius 2 is 1.96 bits per heavy atom. The van der Waals surface area contributed by atoms with E-state index in [1.54, 1.807) is 24.3 Å². The maximum atomic E-state index is 12.9. The summed E-state index contributed by atoms with van der Waals surface area (Å²) in [4.78, 5) is 16.8. The quantitative estimate of drug-likeness (QED) is 0.798. The fourth-order valence-corrected chi connectivity index (χ4v) is 3.23. The van der Waals surface area contributed by atoms with Crippen molar-refractivity contribution in [1.82, 2.24) is 9.80 Å². The largest absolute Gasteiger partial charge is 0.379 e. The number of nitrogens with zero attached hydrogens (tertiary/aromatic N) is 2. The highest BCUT2D eigenvalue weighted by Gasteiger charge is 2.29. The van der Waals surface area contributed by atoms with Crippen molar-refractivity contribution in [3.8, 4) is 0 Å². The second-order valence-corrected chi connectivity index (χ2v) is 6.13. The molecule has 2 heterocycles. The first kappa shape index (κ1) is 16.1. The van der Waals surface area contributed by atoms with Gasteiger partial charge in [0.2, 0.25) is 5.91 Å². The van der Waals surface area contributed by atoms with Gasteiger partial charge < -0.3 is 9.64 Å². The number of likely N-dealkylation sites (tertiary alicyclic amines) is 1. The van der Waals surface area contributed by atoms with Crippen LogP contribution in [0.3, 0.4) is 0 Å². The van der Waals surface area contributed by atoms with E-state index in [0.717, 1.165) is 57.8 Å². The fraction of sp³-hybridized carbons (Fsp3) is 0.500. The monoisotopic (exact) mass is 318 g/mol. The van der Waals surface area contributed by atoms with E-state index in [-0.39, 0.29) is 11.7 Å². The van der Waals surface area contributed by atoms with Gasteiger partial charge in [0.15, 0.2) is 0 Å². The first-order valence-electron chi connectivity index (χ1n) is 8.27. The van der Waals surface area contributed by atoms with Crippen molar-refractivity contribution in [2.45, 2.75) is 18.9 Å². The second-order valence-electron chi connectivity index (χ2n) is 6.13. The second kappa shape index (κ2) is 7.70. The molecule has 124 valence electrons. The molecule has 0 aromatic heterocycles. The molecule has 1 aromatic rings. The Kier molecular flexibility index (Phi) is 5.41. The van der Waals surface area contributed by atoms with E-state index in [1.165, 1.54) is 12.1 Å². The van der Waals surface area contributed by atoms with Crippen LogP contribution >= 0.6 is 0 Å². The summed E-state index contributed by atoms with van der Waals surface area (Å²) >= 11 is 0. The summed E-state index contributed by atoms with van der Waals surface area (Å²) in [5.41, 5.74) is 0.837.